The van der Waals surface area contributed by atoms with Gasteiger partial charge in [-0.1, -0.05) is 6.08 Å². The largest absolute Gasteiger partial charge is 0.398 e. The average molecular weight is 188 g/mol. The summed E-state index contributed by atoms with van der Waals surface area (Å²) in [5.41, 5.74) is 10.5. The van der Waals surface area contributed by atoms with Crippen LogP contribution in [0.1, 0.15) is 36.8 Å². The van der Waals surface area contributed by atoms with Crippen molar-refractivity contribution in [2.75, 3.05) is 5.73 Å². The average Bonchev–Trinajstić information content (AvgIpc) is 2.23. The van der Waals surface area contributed by atoms with Gasteiger partial charge in [0.25, 0.3) is 0 Å². The SMILES string of the molecule is Cc1cncc(C2=CCCCC2)c1N. The number of hydrogen-bond acceptors (Lipinski definition) is 2. The van der Waals surface area contributed by atoms with Crippen LogP contribution in [-0.2, 0) is 0 Å². The Morgan fingerprint density at radius 1 is 1.29 bits per heavy atom. The third-order valence-electron chi connectivity index (χ3n) is 2.82. The van der Waals surface area contributed by atoms with Gasteiger partial charge in [0.15, 0.2) is 0 Å². The lowest BCUT2D eigenvalue weighted by Gasteiger charge is -2.15. The molecule has 0 amide bonds. The summed E-state index contributed by atoms with van der Waals surface area (Å²) in [6.45, 7) is 2.01. The van der Waals surface area contributed by atoms with E-state index in [1.54, 1.807) is 0 Å². The molecule has 2 N–H and O–H groups in total. The number of nitrogens with zero attached hydrogens (tertiary/aromatic N) is 1. The van der Waals surface area contributed by atoms with Crippen LogP contribution in [0.5, 0.6) is 0 Å². The topological polar surface area (TPSA) is 38.9 Å². The van der Waals surface area contributed by atoms with E-state index in [-0.39, 0.29) is 0 Å². The monoisotopic (exact) mass is 188 g/mol. The molecule has 0 aromatic carbocycles. The number of pyridine rings is 1. The second-order valence-corrected chi connectivity index (χ2v) is 3.89. The Hall–Kier alpha value is -1.31. The van der Waals surface area contributed by atoms with Gasteiger partial charge in [0.05, 0.1) is 0 Å². The summed E-state index contributed by atoms with van der Waals surface area (Å²) in [5, 5.41) is 0. The molecule has 14 heavy (non-hydrogen) atoms. The van der Waals surface area contributed by atoms with E-state index in [1.165, 1.54) is 24.8 Å². The number of aryl methyl sites for hydroxylation is 1. The number of aromatic nitrogens is 1. The number of hydrogen-bond donors (Lipinski definition) is 1. The lowest BCUT2D eigenvalue weighted by Crippen LogP contribution is -2.00. The van der Waals surface area contributed by atoms with E-state index in [9.17, 15) is 0 Å². The molecular weight excluding hydrogens is 172 g/mol. The first-order valence-electron chi connectivity index (χ1n) is 5.18. The van der Waals surface area contributed by atoms with Crippen LogP contribution >= 0.6 is 0 Å². The Labute approximate surface area is 84.9 Å². The van der Waals surface area contributed by atoms with Crippen molar-refractivity contribution >= 4 is 11.3 Å². The molecule has 1 aromatic rings. The van der Waals surface area contributed by atoms with Crippen molar-refractivity contribution in [2.45, 2.75) is 32.6 Å². The molecule has 0 atom stereocenters. The molecule has 0 saturated heterocycles. The van der Waals surface area contributed by atoms with E-state index in [0.29, 0.717) is 0 Å². The minimum atomic E-state index is 0.896. The van der Waals surface area contributed by atoms with Crippen molar-refractivity contribution < 1.29 is 0 Å². The third kappa shape index (κ3) is 1.65. The summed E-state index contributed by atoms with van der Waals surface area (Å²) in [4.78, 5) is 4.20. The molecule has 1 aliphatic carbocycles. The quantitative estimate of drug-likeness (QED) is 0.736. The number of nitrogen functional groups attached to an aromatic ring is 1. The summed E-state index contributed by atoms with van der Waals surface area (Å²) in [6.07, 6.45) is 10.9. The zero-order valence-corrected chi connectivity index (χ0v) is 8.59. The van der Waals surface area contributed by atoms with Crippen LogP contribution in [0.2, 0.25) is 0 Å². The van der Waals surface area contributed by atoms with Crippen molar-refractivity contribution in [3.8, 4) is 0 Å². The van der Waals surface area contributed by atoms with Crippen LogP contribution in [0.25, 0.3) is 5.57 Å². The highest BCUT2D eigenvalue weighted by atomic mass is 14.7. The highest BCUT2D eigenvalue weighted by Gasteiger charge is 2.10. The van der Waals surface area contributed by atoms with E-state index in [1.807, 2.05) is 19.3 Å². The van der Waals surface area contributed by atoms with Gasteiger partial charge >= 0.3 is 0 Å². The summed E-state index contributed by atoms with van der Waals surface area (Å²) >= 11 is 0. The normalized spacial score (nSPS) is 16.5. The van der Waals surface area contributed by atoms with Crippen LogP contribution in [0.3, 0.4) is 0 Å². The lowest BCUT2D eigenvalue weighted by molar-refractivity contribution is 0.742. The molecule has 0 saturated carbocycles. The fourth-order valence-corrected chi connectivity index (χ4v) is 1.91. The predicted octanol–water partition coefficient (Wildman–Crippen LogP) is 2.93. The smallest absolute Gasteiger partial charge is 0.0451 e. The number of anilines is 1. The maximum Gasteiger partial charge on any atom is 0.0451 e. The van der Waals surface area contributed by atoms with E-state index in [2.05, 4.69) is 11.1 Å². The Morgan fingerprint density at radius 2 is 2.14 bits per heavy atom. The van der Waals surface area contributed by atoms with E-state index >= 15 is 0 Å². The molecule has 2 rings (SSSR count). The van der Waals surface area contributed by atoms with Crippen LogP contribution in [-0.4, -0.2) is 4.98 Å². The predicted molar refractivity (Wildman–Crippen MR) is 59.8 cm³/mol. The van der Waals surface area contributed by atoms with Gasteiger partial charge in [-0.3, -0.25) is 4.98 Å². The number of allylic oxidation sites excluding steroid dienone is 2. The lowest BCUT2D eigenvalue weighted by atomic mass is 9.93. The minimum Gasteiger partial charge on any atom is -0.398 e. The molecule has 74 valence electrons. The zero-order chi connectivity index (χ0) is 9.97. The standard InChI is InChI=1S/C12H16N2/c1-9-7-14-8-11(12(9)13)10-5-3-2-4-6-10/h5,7-8H,2-4,6H2,1H3,(H2,13,14). The minimum absolute atomic E-state index is 0.896. The van der Waals surface area contributed by atoms with Crippen LogP contribution in [0, 0.1) is 6.92 Å². The fourth-order valence-electron chi connectivity index (χ4n) is 1.91. The van der Waals surface area contributed by atoms with E-state index in [0.717, 1.165) is 23.2 Å². The van der Waals surface area contributed by atoms with Crippen LogP contribution in [0.4, 0.5) is 5.69 Å². The van der Waals surface area contributed by atoms with Crippen LogP contribution in [0.15, 0.2) is 18.5 Å². The van der Waals surface area contributed by atoms with Crippen molar-refractivity contribution in [1.29, 1.82) is 0 Å². The highest BCUT2D eigenvalue weighted by Crippen LogP contribution is 2.30. The summed E-state index contributed by atoms with van der Waals surface area (Å²) in [7, 11) is 0. The highest BCUT2D eigenvalue weighted by molar-refractivity contribution is 5.76. The van der Waals surface area contributed by atoms with Gasteiger partial charge in [0.2, 0.25) is 0 Å². The molecule has 2 nitrogen and oxygen atoms in total. The summed E-state index contributed by atoms with van der Waals surface area (Å²) < 4.78 is 0. The van der Waals surface area contributed by atoms with Gasteiger partial charge in [-0.2, -0.15) is 0 Å². The van der Waals surface area contributed by atoms with Crippen molar-refractivity contribution in [3.63, 3.8) is 0 Å². The molecule has 1 aromatic heterocycles. The molecule has 0 bridgehead atoms. The third-order valence-corrected chi connectivity index (χ3v) is 2.82. The van der Waals surface area contributed by atoms with E-state index < -0.39 is 0 Å². The Kier molecular flexibility index (Phi) is 2.53. The van der Waals surface area contributed by atoms with Gasteiger partial charge in [-0.15, -0.1) is 0 Å². The maximum absolute atomic E-state index is 6.03. The first-order valence-corrected chi connectivity index (χ1v) is 5.18. The van der Waals surface area contributed by atoms with Gasteiger partial charge in [-0.25, -0.2) is 0 Å². The Bertz CT molecular complexity index is 367. The first-order chi connectivity index (χ1) is 6.79. The van der Waals surface area contributed by atoms with Crippen molar-refractivity contribution in [3.05, 3.63) is 29.6 Å². The Balaban J connectivity index is 2.40. The summed E-state index contributed by atoms with van der Waals surface area (Å²) in [6, 6.07) is 0. The molecule has 0 unspecified atom stereocenters. The second kappa shape index (κ2) is 3.82. The fraction of sp³-hybridized carbons (Fsp3) is 0.417. The molecule has 0 aliphatic heterocycles. The summed E-state index contributed by atoms with van der Waals surface area (Å²) in [5.74, 6) is 0. The first kappa shape index (κ1) is 9.25. The molecule has 0 radical (unpaired) electrons. The zero-order valence-electron chi connectivity index (χ0n) is 8.59. The van der Waals surface area contributed by atoms with Gasteiger partial charge < -0.3 is 5.73 Å². The molecular formula is C12H16N2. The molecule has 2 heteroatoms. The maximum atomic E-state index is 6.03. The molecule has 1 aliphatic rings. The van der Waals surface area contributed by atoms with Crippen molar-refractivity contribution in [2.24, 2.45) is 0 Å². The van der Waals surface area contributed by atoms with Gasteiger partial charge in [0, 0.05) is 23.6 Å². The van der Waals surface area contributed by atoms with E-state index in [4.69, 9.17) is 5.73 Å². The Morgan fingerprint density at radius 3 is 2.86 bits per heavy atom. The number of rotatable bonds is 1. The molecule has 1 heterocycles. The van der Waals surface area contributed by atoms with Gasteiger partial charge in [-0.05, 0) is 43.7 Å². The van der Waals surface area contributed by atoms with Gasteiger partial charge in [0.1, 0.15) is 0 Å². The number of nitrogens with two attached hydrogens (primary N) is 1. The second-order valence-electron chi connectivity index (χ2n) is 3.89. The van der Waals surface area contributed by atoms with Crippen LogP contribution < -0.4 is 5.73 Å². The molecule has 0 spiro atoms. The van der Waals surface area contributed by atoms with Crippen molar-refractivity contribution in [1.82, 2.24) is 4.98 Å². The molecule has 0 fully saturated rings.